The van der Waals surface area contributed by atoms with Crippen LogP contribution >= 0.6 is 0 Å². The predicted octanol–water partition coefficient (Wildman–Crippen LogP) is 2.88. The predicted molar refractivity (Wildman–Crippen MR) is 97.8 cm³/mol. The lowest BCUT2D eigenvalue weighted by atomic mass is 10.1. The molecule has 0 spiro atoms. The van der Waals surface area contributed by atoms with E-state index in [1.54, 1.807) is 21.3 Å². The molecule has 5 heteroatoms. The van der Waals surface area contributed by atoms with Gasteiger partial charge in [0.2, 0.25) is 0 Å². The third-order valence-electron chi connectivity index (χ3n) is 3.73. The molecular formula is C19H25N3O2. The molecule has 0 atom stereocenters. The molecule has 0 saturated carbocycles. The van der Waals surface area contributed by atoms with Gasteiger partial charge in [-0.1, -0.05) is 42.0 Å². The van der Waals surface area contributed by atoms with Gasteiger partial charge in [0.1, 0.15) is 0 Å². The molecule has 0 amide bonds. The molecule has 0 heterocycles. The maximum absolute atomic E-state index is 5.45. The Kier molecular flexibility index (Phi) is 6.49. The third kappa shape index (κ3) is 4.65. The highest BCUT2D eigenvalue weighted by molar-refractivity contribution is 5.79. The second kappa shape index (κ2) is 8.82. The van der Waals surface area contributed by atoms with Gasteiger partial charge in [0.25, 0.3) is 0 Å². The number of ether oxygens (including phenoxy) is 2. The van der Waals surface area contributed by atoms with Crippen LogP contribution in [-0.2, 0) is 13.1 Å². The Morgan fingerprint density at radius 2 is 1.67 bits per heavy atom. The summed E-state index contributed by atoms with van der Waals surface area (Å²) < 4.78 is 10.8. The lowest BCUT2D eigenvalue weighted by Gasteiger charge is -2.15. The maximum atomic E-state index is 5.45. The van der Waals surface area contributed by atoms with Gasteiger partial charge in [-0.2, -0.15) is 0 Å². The van der Waals surface area contributed by atoms with Crippen LogP contribution in [0, 0.1) is 6.92 Å². The van der Waals surface area contributed by atoms with Gasteiger partial charge in [-0.15, -0.1) is 0 Å². The largest absolute Gasteiger partial charge is 0.493 e. The smallest absolute Gasteiger partial charge is 0.191 e. The number of aliphatic imine (C=N–C) groups is 1. The average Bonchev–Trinajstić information content (AvgIpc) is 2.62. The number of aryl methyl sites for hydroxylation is 1. The maximum Gasteiger partial charge on any atom is 0.191 e. The first-order chi connectivity index (χ1) is 11.7. The van der Waals surface area contributed by atoms with Crippen molar-refractivity contribution in [1.82, 2.24) is 10.6 Å². The summed E-state index contributed by atoms with van der Waals surface area (Å²) in [6.45, 7) is 3.39. The Bertz CT molecular complexity index is 682. The second-order valence-electron chi connectivity index (χ2n) is 5.42. The van der Waals surface area contributed by atoms with Crippen LogP contribution in [0.15, 0.2) is 47.5 Å². The highest BCUT2D eigenvalue weighted by atomic mass is 16.5. The van der Waals surface area contributed by atoms with Crippen molar-refractivity contribution in [3.8, 4) is 11.5 Å². The van der Waals surface area contributed by atoms with Gasteiger partial charge in [-0.05, 0) is 18.6 Å². The molecule has 5 nitrogen and oxygen atoms in total. The van der Waals surface area contributed by atoms with Crippen LogP contribution in [-0.4, -0.2) is 27.2 Å². The van der Waals surface area contributed by atoms with Crippen LogP contribution < -0.4 is 20.1 Å². The van der Waals surface area contributed by atoms with E-state index in [0.717, 1.165) is 29.6 Å². The number of nitrogens with zero attached hydrogens (tertiary/aromatic N) is 1. The summed E-state index contributed by atoms with van der Waals surface area (Å²) in [5.41, 5.74) is 3.48. The normalized spacial score (nSPS) is 11.1. The summed E-state index contributed by atoms with van der Waals surface area (Å²) in [5, 5.41) is 6.61. The monoisotopic (exact) mass is 327 g/mol. The molecule has 0 saturated heterocycles. The fourth-order valence-corrected chi connectivity index (χ4v) is 2.38. The molecule has 0 bridgehead atoms. The van der Waals surface area contributed by atoms with Crippen molar-refractivity contribution in [2.45, 2.75) is 20.0 Å². The molecule has 128 valence electrons. The number of rotatable bonds is 6. The van der Waals surface area contributed by atoms with Gasteiger partial charge in [-0.25, -0.2) is 0 Å². The molecule has 0 aliphatic carbocycles. The van der Waals surface area contributed by atoms with E-state index in [2.05, 4.69) is 46.8 Å². The number of methoxy groups -OCH3 is 2. The van der Waals surface area contributed by atoms with Crippen LogP contribution in [0.4, 0.5) is 0 Å². The van der Waals surface area contributed by atoms with Crippen molar-refractivity contribution in [1.29, 1.82) is 0 Å². The lowest BCUT2D eigenvalue weighted by molar-refractivity contribution is 0.351. The number of para-hydroxylation sites is 1. The minimum atomic E-state index is 0.591. The zero-order valence-corrected chi connectivity index (χ0v) is 14.7. The lowest BCUT2D eigenvalue weighted by Crippen LogP contribution is -2.36. The molecule has 0 aromatic heterocycles. The molecule has 2 aromatic rings. The molecular weight excluding hydrogens is 302 g/mol. The number of benzene rings is 2. The van der Waals surface area contributed by atoms with E-state index in [1.165, 1.54) is 11.1 Å². The van der Waals surface area contributed by atoms with Gasteiger partial charge in [-0.3, -0.25) is 4.99 Å². The summed E-state index contributed by atoms with van der Waals surface area (Å²) in [6, 6.07) is 14.3. The van der Waals surface area contributed by atoms with Crippen LogP contribution in [0.2, 0.25) is 0 Å². The van der Waals surface area contributed by atoms with Crippen molar-refractivity contribution in [2.75, 3.05) is 21.3 Å². The highest BCUT2D eigenvalue weighted by Crippen LogP contribution is 2.30. The summed E-state index contributed by atoms with van der Waals surface area (Å²) >= 11 is 0. The quantitative estimate of drug-likeness (QED) is 0.633. The first-order valence-corrected chi connectivity index (χ1v) is 7.88. The summed E-state index contributed by atoms with van der Waals surface area (Å²) in [6.07, 6.45) is 0. The van der Waals surface area contributed by atoms with Gasteiger partial charge in [0.05, 0.1) is 14.2 Å². The molecule has 0 unspecified atom stereocenters. The average molecular weight is 327 g/mol. The minimum Gasteiger partial charge on any atom is -0.493 e. The first kappa shape index (κ1) is 17.7. The van der Waals surface area contributed by atoms with Gasteiger partial charge in [0, 0.05) is 25.7 Å². The summed E-state index contributed by atoms with van der Waals surface area (Å²) in [7, 11) is 5.04. The molecule has 0 aliphatic rings. The first-order valence-electron chi connectivity index (χ1n) is 7.88. The van der Waals surface area contributed by atoms with Crippen LogP contribution in [0.3, 0.4) is 0 Å². The Balaban J connectivity index is 1.95. The van der Waals surface area contributed by atoms with Crippen LogP contribution in [0.25, 0.3) is 0 Å². The number of guanidine groups is 1. The van der Waals surface area contributed by atoms with Gasteiger partial charge < -0.3 is 20.1 Å². The fourth-order valence-electron chi connectivity index (χ4n) is 2.38. The Hall–Kier alpha value is -2.69. The van der Waals surface area contributed by atoms with E-state index in [4.69, 9.17) is 9.47 Å². The second-order valence-corrected chi connectivity index (χ2v) is 5.42. The Morgan fingerprint density at radius 1 is 0.958 bits per heavy atom. The van der Waals surface area contributed by atoms with Crippen molar-refractivity contribution in [2.24, 2.45) is 4.99 Å². The Morgan fingerprint density at radius 3 is 2.29 bits per heavy atom. The van der Waals surface area contributed by atoms with Crippen molar-refractivity contribution < 1.29 is 9.47 Å². The van der Waals surface area contributed by atoms with Crippen LogP contribution in [0.1, 0.15) is 16.7 Å². The summed E-state index contributed by atoms with van der Waals surface area (Å²) in [4.78, 5) is 4.26. The molecule has 0 radical (unpaired) electrons. The van der Waals surface area contributed by atoms with Crippen molar-refractivity contribution in [3.63, 3.8) is 0 Å². The number of nitrogens with one attached hydrogen (secondary N) is 2. The van der Waals surface area contributed by atoms with E-state index < -0.39 is 0 Å². The van der Waals surface area contributed by atoms with Crippen molar-refractivity contribution in [3.05, 3.63) is 59.2 Å². The van der Waals surface area contributed by atoms with E-state index in [-0.39, 0.29) is 0 Å². The van der Waals surface area contributed by atoms with Gasteiger partial charge >= 0.3 is 0 Å². The molecule has 2 N–H and O–H groups in total. The molecule has 2 rings (SSSR count). The minimum absolute atomic E-state index is 0.591. The molecule has 0 aliphatic heterocycles. The van der Waals surface area contributed by atoms with Crippen LogP contribution in [0.5, 0.6) is 11.5 Å². The zero-order valence-electron chi connectivity index (χ0n) is 14.7. The SMILES string of the molecule is CN=C(NCc1ccc(C)cc1)NCc1cccc(OC)c1OC. The van der Waals surface area contributed by atoms with E-state index >= 15 is 0 Å². The van der Waals surface area contributed by atoms with E-state index in [0.29, 0.717) is 6.54 Å². The third-order valence-corrected chi connectivity index (χ3v) is 3.73. The zero-order chi connectivity index (χ0) is 17.4. The standard InChI is InChI=1S/C19H25N3O2/c1-14-8-10-15(11-9-14)12-21-19(20-2)22-13-16-6-5-7-17(23-3)18(16)24-4/h5-11H,12-13H2,1-4H3,(H2,20,21,22). The van der Waals surface area contributed by atoms with E-state index in [9.17, 15) is 0 Å². The number of hydrogen-bond donors (Lipinski definition) is 2. The van der Waals surface area contributed by atoms with E-state index in [1.807, 2.05) is 18.2 Å². The fraction of sp³-hybridized carbons (Fsp3) is 0.316. The number of hydrogen-bond acceptors (Lipinski definition) is 3. The molecule has 2 aromatic carbocycles. The van der Waals surface area contributed by atoms with Crippen molar-refractivity contribution >= 4 is 5.96 Å². The Labute approximate surface area is 143 Å². The highest BCUT2D eigenvalue weighted by Gasteiger charge is 2.09. The molecule has 0 fully saturated rings. The summed E-state index contributed by atoms with van der Waals surface area (Å²) in [5.74, 6) is 2.20. The topological polar surface area (TPSA) is 54.9 Å². The molecule has 24 heavy (non-hydrogen) atoms. The van der Waals surface area contributed by atoms with Gasteiger partial charge in [0.15, 0.2) is 17.5 Å².